The van der Waals surface area contributed by atoms with Gasteiger partial charge in [0.05, 0.1) is 6.10 Å². The van der Waals surface area contributed by atoms with Gasteiger partial charge in [-0.3, -0.25) is 0 Å². The fraction of sp³-hybridized carbons (Fsp3) is 1.00. The van der Waals surface area contributed by atoms with E-state index in [1.165, 1.54) is 0 Å². The average molecular weight is 191 g/mol. The lowest BCUT2D eigenvalue weighted by Gasteiger charge is -2.41. The van der Waals surface area contributed by atoms with Gasteiger partial charge >= 0.3 is 0 Å². The molecule has 1 rings (SSSR count). The van der Waals surface area contributed by atoms with E-state index < -0.39 is 0 Å². The molecule has 0 saturated carbocycles. The molecule has 1 unspecified atom stereocenters. The van der Waals surface area contributed by atoms with Crippen LogP contribution in [-0.4, -0.2) is 11.7 Å². The molecule has 1 fully saturated rings. The Kier molecular flexibility index (Phi) is 3.42. The van der Waals surface area contributed by atoms with Gasteiger partial charge in [-0.1, -0.05) is 39.3 Å². The first-order valence-corrected chi connectivity index (χ1v) is 5.31. The Bertz CT molecular complexity index is 144. The van der Waals surface area contributed by atoms with Crippen LogP contribution >= 0.6 is 11.6 Å². The van der Waals surface area contributed by atoms with E-state index in [2.05, 4.69) is 27.7 Å². The Hall–Kier alpha value is 0.250. The highest BCUT2D eigenvalue weighted by molar-refractivity contribution is 6.19. The largest absolute Gasteiger partial charge is 0.359 e. The topological polar surface area (TPSA) is 9.23 Å². The number of hydrogen-bond donors (Lipinski definition) is 0. The van der Waals surface area contributed by atoms with Crippen molar-refractivity contribution in [2.75, 3.05) is 0 Å². The fourth-order valence-electron chi connectivity index (χ4n) is 1.94. The van der Waals surface area contributed by atoms with E-state index in [0.717, 1.165) is 6.42 Å². The summed E-state index contributed by atoms with van der Waals surface area (Å²) in [6, 6.07) is 0. The molecule has 1 heterocycles. The van der Waals surface area contributed by atoms with E-state index in [1.54, 1.807) is 0 Å². The molecule has 0 N–H and O–H groups in total. The molecular formula is C10H19ClO. The predicted molar refractivity (Wildman–Crippen MR) is 52.3 cm³/mol. The molecule has 0 aromatic heterocycles. The molecule has 0 amide bonds. The van der Waals surface area contributed by atoms with Gasteiger partial charge in [0.1, 0.15) is 5.56 Å². The molecule has 2 heteroatoms. The van der Waals surface area contributed by atoms with Crippen LogP contribution in [0.2, 0.25) is 0 Å². The summed E-state index contributed by atoms with van der Waals surface area (Å²) < 4.78 is 5.70. The van der Waals surface area contributed by atoms with Crippen molar-refractivity contribution < 1.29 is 4.74 Å². The molecule has 5 atom stereocenters. The summed E-state index contributed by atoms with van der Waals surface area (Å²) in [5, 5.41) is 0. The van der Waals surface area contributed by atoms with Crippen LogP contribution in [0.5, 0.6) is 0 Å². The summed E-state index contributed by atoms with van der Waals surface area (Å²) in [7, 11) is 0. The Morgan fingerprint density at radius 1 is 1.08 bits per heavy atom. The molecule has 0 aromatic rings. The van der Waals surface area contributed by atoms with Crippen molar-refractivity contribution in [3.8, 4) is 0 Å². The van der Waals surface area contributed by atoms with Crippen LogP contribution < -0.4 is 0 Å². The van der Waals surface area contributed by atoms with Crippen LogP contribution in [0.1, 0.15) is 34.1 Å². The molecule has 1 aliphatic rings. The molecular weight excluding hydrogens is 172 g/mol. The Balaban J connectivity index is 2.63. The van der Waals surface area contributed by atoms with E-state index in [0.29, 0.717) is 23.9 Å². The van der Waals surface area contributed by atoms with E-state index >= 15 is 0 Å². The highest BCUT2D eigenvalue weighted by Gasteiger charge is 2.36. The van der Waals surface area contributed by atoms with Gasteiger partial charge in [0, 0.05) is 0 Å². The third kappa shape index (κ3) is 1.77. The number of halogens is 1. The lowest BCUT2D eigenvalue weighted by molar-refractivity contribution is -0.0980. The molecule has 0 aliphatic carbocycles. The zero-order valence-electron chi connectivity index (χ0n) is 8.38. The van der Waals surface area contributed by atoms with E-state index in [-0.39, 0.29) is 5.56 Å². The van der Waals surface area contributed by atoms with Gasteiger partial charge in [-0.25, -0.2) is 0 Å². The Morgan fingerprint density at radius 2 is 1.67 bits per heavy atom. The van der Waals surface area contributed by atoms with Gasteiger partial charge in [0.25, 0.3) is 0 Å². The van der Waals surface area contributed by atoms with Gasteiger partial charge in [-0.2, -0.15) is 0 Å². The first-order chi connectivity index (χ1) is 5.57. The number of ether oxygens (including phenoxy) is 1. The smallest absolute Gasteiger partial charge is 0.134 e. The van der Waals surface area contributed by atoms with Crippen molar-refractivity contribution in [1.29, 1.82) is 0 Å². The van der Waals surface area contributed by atoms with Crippen LogP contribution in [0, 0.1) is 17.8 Å². The predicted octanol–water partition coefficient (Wildman–Crippen LogP) is 3.27. The fourth-order valence-corrected chi connectivity index (χ4v) is 2.30. The first-order valence-electron chi connectivity index (χ1n) is 4.87. The van der Waals surface area contributed by atoms with E-state index in [4.69, 9.17) is 16.3 Å². The van der Waals surface area contributed by atoms with Crippen LogP contribution in [0.25, 0.3) is 0 Å². The van der Waals surface area contributed by atoms with Crippen LogP contribution in [0.3, 0.4) is 0 Å². The number of alkyl halides is 1. The Morgan fingerprint density at radius 3 is 2.17 bits per heavy atom. The second-order valence-corrected chi connectivity index (χ2v) is 4.44. The zero-order valence-corrected chi connectivity index (χ0v) is 9.14. The number of rotatable bonds is 1. The minimum atomic E-state index is -0.0823. The van der Waals surface area contributed by atoms with Crippen molar-refractivity contribution in [3.63, 3.8) is 0 Å². The van der Waals surface area contributed by atoms with Crippen molar-refractivity contribution in [1.82, 2.24) is 0 Å². The second kappa shape index (κ2) is 3.97. The lowest BCUT2D eigenvalue weighted by atomic mass is 9.79. The molecule has 0 radical (unpaired) electrons. The minimum absolute atomic E-state index is 0.0823. The van der Waals surface area contributed by atoms with Crippen molar-refractivity contribution in [3.05, 3.63) is 0 Å². The van der Waals surface area contributed by atoms with Crippen LogP contribution in [0.15, 0.2) is 0 Å². The standard InChI is InChI=1S/C10H19ClO/c1-5-9-7(3)6(2)8(4)10(11)12-9/h6-10H,5H2,1-4H3/t6-,7-,8+,9+,10?/m0/s1. The molecule has 12 heavy (non-hydrogen) atoms. The molecule has 0 spiro atoms. The summed E-state index contributed by atoms with van der Waals surface area (Å²) >= 11 is 6.08. The monoisotopic (exact) mass is 190 g/mol. The summed E-state index contributed by atoms with van der Waals surface area (Å²) in [6.45, 7) is 8.87. The lowest BCUT2D eigenvalue weighted by Crippen LogP contribution is -2.41. The molecule has 0 aromatic carbocycles. The zero-order chi connectivity index (χ0) is 9.30. The molecule has 1 saturated heterocycles. The third-order valence-electron chi connectivity index (χ3n) is 3.37. The van der Waals surface area contributed by atoms with Gasteiger partial charge in [0.15, 0.2) is 0 Å². The molecule has 72 valence electrons. The molecule has 1 nitrogen and oxygen atoms in total. The SMILES string of the molecule is CC[C@H]1OC(Cl)[C@H](C)[C@@H](C)[C@@H]1C. The summed E-state index contributed by atoms with van der Waals surface area (Å²) in [5.74, 6) is 1.79. The average Bonchev–Trinajstić information content (AvgIpc) is 2.08. The molecule has 0 bridgehead atoms. The van der Waals surface area contributed by atoms with Crippen molar-refractivity contribution >= 4 is 11.6 Å². The summed E-state index contributed by atoms with van der Waals surface area (Å²) in [5.41, 5.74) is -0.0823. The van der Waals surface area contributed by atoms with E-state index in [9.17, 15) is 0 Å². The maximum atomic E-state index is 6.08. The van der Waals surface area contributed by atoms with Crippen molar-refractivity contribution in [2.24, 2.45) is 17.8 Å². The van der Waals surface area contributed by atoms with Gasteiger partial charge in [-0.05, 0) is 24.2 Å². The van der Waals surface area contributed by atoms with Crippen LogP contribution in [-0.2, 0) is 4.74 Å². The second-order valence-electron chi connectivity index (χ2n) is 4.01. The maximum absolute atomic E-state index is 6.08. The van der Waals surface area contributed by atoms with Gasteiger partial charge < -0.3 is 4.74 Å². The summed E-state index contributed by atoms with van der Waals surface area (Å²) in [6.07, 6.45) is 1.43. The van der Waals surface area contributed by atoms with Gasteiger partial charge in [0.2, 0.25) is 0 Å². The highest BCUT2D eigenvalue weighted by atomic mass is 35.5. The van der Waals surface area contributed by atoms with E-state index in [1.807, 2.05) is 0 Å². The van der Waals surface area contributed by atoms with Gasteiger partial charge in [-0.15, -0.1) is 0 Å². The normalized spacial score (nSPS) is 49.2. The van der Waals surface area contributed by atoms with Crippen molar-refractivity contribution in [2.45, 2.75) is 45.8 Å². The minimum Gasteiger partial charge on any atom is -0.359 e. The third-order valence-corrected chi connectivity index (χ3v) is 3.87. The Labute approximate surface area is 80.4 Å². The van der Waals surface area contributed by atoms with Crippen LogP contribution in [0.4, 0.5) is 0 Å². The molecule has 1 aliphatic heterocycles. The highest BCUT2D eigenvalue weighted by Crippen LogP contribution is 2.37. The quantitative estimate of drug-likeness (QED) is 0.577. The maximum Gasteiger partial charge on any atom is 0.134 e. The first kappa shape index (κ1) is 10.3. The summed E-state index contributed by atoms with van der Waals surface area (Å²) in [4.78, 5) is 0. The number of hydrogen-bond acceptors (Lipinski definition) is 1.